The van der Waals surface area contributed by atoms with E-state index in [1.165, 1.54) is 0 Å². The van der Waals surface area contributed by atoms with Crippen molar-refractivity contribution in [2.45, 2.75) is 13.8 Å². The number of nitrogens with one attached hydrogen (secondary N) is 1. The van der Waals surface area contributed by atoms with Gasteiger partial charge in [0.2, 0.25) is 0 Å². The first-order valence-corrected chi connectivity index (χ1v) is 9.70. The third kappa shape index (κ3) is 4.19. The van der Waals surface area contributed by atoms with Crippen molar-refractivity contribution in [3.8, 4) is 11.8 Å². The van der Waals surface area contributed by atoms with E-state index in [9.17, 15) is 10.1 Å². The summed E-state index contributed by atoms with van der Waals surface area (Å²) in [5.74, 6) is -0.452. The Labute approximate surface area is 177 Å². The molecule has 1 amide bonds. The number of nitriles is 1. The van der Waals surface area contributed by atoms with Gasteiger partial charge in [0.05, 0.1) is 10.7 Å². The molecule has 0 fully saturated rings. The molecule has 0 spiro atoms. The van der Waals surface area contributed by atoms with E-state index in [1.807, 2.05) is 66.9 Å². The van der Waals surface area contributed by atoms with E-state index in [4.69, 9.17) is 11.6 Å². The van der Waals surface area contributed by atoms with Gasteiger partial charge in [0.1, 0.15) is 11.6 Å². The average molecular weight is 455 g/mol. The van der Waals surface area contributed by atoms with Gasteiger partial charge in [-0.2, -0.15) is 5.26 Å². The highest BCUT2D eigenvalue weighted by Crippen LogP contribution is 2.27. The molecule has 3 rings (SSSR count). The molecule has 0 saturated carbocycles. The molecule has 28 heavy (non-hydrogen) atoms. The maximum atomic E-state index is 12.5. The van der Waals surface area contributed by atoms with Crippen LogP contribution in [0.1, 0.15) is 17.0 Å². The van der Waals surface area contributed by atoms with E-state index in [1.54, 1.807) is 18.2 Å². The van der Waals surface area contributed by atoms with Crippen molar-refractivity contribution in [2.24, 2.45) is 0 Å². The summed E-state index contributed by atoms with van der Waals surface area (Å²) in [6.07, 6.45) is 1.60. The van der Waals surface area contributed by atoms with Crippen LogP contribution < -0.4 is 5.32 Å². The molecule has 0 radical (unpaired) electrons. The number of carbonyl (C=O) groups excluding carboxylic acids is 1. The Kier molecular flexibility index (Phi) is 6.03. The fourth-order valence-electron chi connectivity index (χ4n) is 2.97. The van der Waals surface area contributed by atoms with Crippen LogP contribution in [0.3, 0.4) is 0 Å². The summed E-state index contributed by atoms with van der Waals surface area (Å²) in [7, 11) is 0. The number of nitrogens with zero attached hydrogens (tertiary/aromatic N) is 2. The minimum absolute atomic E-state index is 0.0299. The summed E-state index contributed by atoms with van der Waals surface area (Å²) in [6, 6.07) is 18.7. The maximum absolute atomic E-state index is 12.5. The summed E-state index contributed by atoms with van der Waals surface area (Å²) in [4.78, 5) is 12.5. The molecule has 140 valence electrons. The predicted molar refractivity (Wildman–Crippen MR) is 117 cm³/mol. The molecular weight excluding hydrogens is 438 g/mol. The molecule has 0 unspecified atom stereocenters. The monoisotopic (exact) mass is 453 g/mol. The third-order valence-electron chi connectivity index (χ3n) is 4.33. The maximum Gasteiger partial charge on any atom is 0.266 e. The number of rotatable bonds is 4. The molecule has 3 aromatic rings. The molecule has 0 aliphatic carbocycles. The molecule has 1 aromatic heterocycles. The lowest BCUT2D eigenvalue weighted by Gasteiger charge is -2.11. The van der Waals surface area contributed by atoms with E-state index in [0.29, 0.717) is 10.7 Å². The van der Waals surface area contributed by atoms with Crippen molar-refractivity contribution in [1.82, 2.24) is 4.57 Å². The molecule has 2 aromatic carbocycles. The van der Waals surface area contributed by atoms with E-state index < -0.39 is 5.91 Å². The summed E-state index contributed by atoms with van der Waals surface area (Å²) in [5.41, 5.74) is 4.16. The van der Waals surface area contributed by atoms with Gasteiger partial charge in [0.25, 0.3) is 5.91 Å². The third-order valence-corrected chi connectivity index (χ3v) is 5.18. The smallest absolute Gasteiger partial charge is 0.266 e. The van der Waals surface area contributed by atoms with Crippen LogP contribution in [0.25, 0.3) is 11.8 Å². The number of amides is 1. The van der Waals surface area contributed by atoms with Crippen LogP contribution in [0.5, 0.6) is 0 Å². The van der Waals surface area contributed by atoms with Gasteiger partial charge >= 0.3 is 0 Å². The lowest BCUT2D eigenvalue weighted by molar-refractivity contribution is -0.112. The van der Waals surface area contributed by atoms with Gasteiger partial charge < -0.3 is 9.88 Å². The van der Waals surface area contributed by atoms with E-state index in [-0.39, 0.29) is 5.57 Å². The summed E-state index contributed by atoms with van der Waals surface area (Å²) in [6.45, 7) is 3.89. The number of hydrogen-bond acceptors (Lipinski definition) is 2. The Balaban J connectivity index is 1.94. The Hall–Kier alpha value is -2.81. The number of aromatic nitrogens is 1. The van der Waals surface area contributed by atoms with Crippen LogP contribution in [0.4, 0.5) is 5.69 Å². The van der Waals surface area contributed by atoms with Crippen molar-refractivity contribution in [1.29, 1.82) is 5.26 Å². The number of carbonyl (C=O) groups is 1. The molecule has 0 bridgehead atoms. The predicted octanol–water partition coefficient (Wildman–Crippen LogP) is 6.06. The van der Waals surface area contributed by atoms with Gasteiger partial charge in [0.15, 0.2) is 0 Å². The number of aryl methyl sites for hydroxylation is 1. The molecular formula is C22H17BrClN3O. The Morgan fingerprint density at radius 3 is 2.50 bits per heavy atom. The van der Waals surface area contributed by atoms with Crippen molar-refractivity contribution in [3.05, 3.63) is 86.6 Å². The van der Waals surface area contributed by atoms with Gasteiger partial charge in [-0.15, -0.1) is 0 Å². The minimum atomic E-state index is -0.452. The summed E-state index contributed by atoms with van der Waals surface area (Å²) >= 11 is 9.69. The second-order valence-electron chi connectivity index (χ2n) is 6.24. The van der Waals surface area contributed by atoms with Crippen LogP contribution in [-0.4, -0.2) is 10.5 Å². The minimum Gasteiger partial charge on any atom is -0.321 e. The van der Waals surface area contributed by atoms with Crippen LogP contribution in [0, 0.1) is 25.2 Å². The van der Waals surface area contributed by atoms with Crippen LogP contribution in [0.2, 0.25) is 5.02 Å². The lowest BCUT2D eigenvalue weighted by Crippen LogP contribution is -2.13. The molecule has 1 N–H and O–H groups in total. The first kappa shape index (κ1) is 19.9. The zero-order chi connectivity index (χ0) is 20.3. The van der Waals surface area contributed by atoms with Gasteiger partial charge in [-0.25, -0.2) is 0 Å². The van der Waals surface area contributed by atoms with E-state index in [2.05, 4.69) is 21.2 Å². The number of hydrogen-bond donors (Lipinski definition) is 1. The summed E-state index contributed by atoms with van der Waals surface area (Å²) < 4.78 is 2.92. The van der Waals surface area contributed by atoms with Crippen molar-refractivity contribution >= 4 is 45.2 Å². The van der Waals surface area contributed by atoms with E-state index in [0.717, 1.165) is 27.1 Å². The van der Waals surface area contributed by atoms with Gasteiger partial charge in [0, 0.05) is 21.5 Å². The van der Waals surface area contributed by atoms with Crippen molar-refractivity contribution in [3.63, 3.8) is 0 Å². The molecule has 4 nitrogen and oxygen atoms in total. The zero-order valence-electron chi connectivity index (χ0n) is 15.3. The Morgan fingerprint density at radius 2 is 1.86 bits per heavy atom. The highest BCUT2D eigenvalue weighted by atomic mass is 79.9. The molecule has 0 atom stereocenters. The number of para-hydroxylation sites is 1. The standard InChI is InChI=1S/C22H17BrClN3O/c1-14-11-16(15(2)27(14)21-6-4-3-5-20(21)24)12-17(13-25)22(28)26-19-9-7-18(23)8-10-19/h3-12H,1-2H3,(H,26,28)/b17-12-. The number of anilines is 1. The fourth-order valence-corrected chi connectivity index (χ4v) is 3.46. The quantitative estimate of drug-likeness (QED) is 0.385. The number of benzene rings is 2. The SMILES string of the molecule is Cc1cc(/C=C(/C#N)C(=O)Nc2ccc(Br)cc2)c(C)n1-c1ccccc1Cl. The summed E-state index contributed by atoms with van der Waals surface area (Å²) in [5, 5.41) is 12.9. The highest BCUT2D eigenvalue weighted by Gasteiger charge is 2.15. The average Bonchev–Trinajstić information content (AvgIpc) is 2.95. The second kappa shape index (κ2) is 8.47. The molecule has 1 heterocycles. The topological polar surface area (TPSA) is 57.8 Å². The first-order valence-electron chi connectivity index (χ1n) is 8.53. The van der Waals surface area contributed by atoms with E-state index >= 15 is 0 Å². The van der Waals surface area contributed by atoms with Gasteiger partial charge in [-0.1, -0.05) is 39.7 Å². The van der Waals surface area contributed by atoms with Crippen molar-refractivity contribution < 1.29 is 4.79 Å². The molecule has 0 aliphatic heterocycles. The number of halogens is 2. The van der Waals surface area contributed by atoms with Crippen LogP contribution in [0.15, 0.2) is 64.6 Å². The van der Waals surface area contributed by atoms with Gasteiger partial charge in [-0.3, -0.25) is 4.79 Å². The Morgan fingerprint density at radius 1 is 1.18 bits per heavy atom. The molecule has 6 heteroatoms. The second-order valence-corrected chi connectivity index (χ2v) is 7.57. The lowest BCUT2D eigenvalue weighted by atomic mass is 10.1. The fraction of sp³-hybridized carbons (Fsp3) is 0.0909. The van der Waals surface area contributed by atoms with Crippen LogP contribution in [-0.2, 0) is 4.79 Å². The zero-order valence-corrected chi connectivity index (χ0v) is 17.7. The highest BCUT2D eigenvalue weighted by molar-refractivity contribution is 9.10. The molecule has 0 aliphatic rings. The normalized spacial score (nSPS) is 11.2. The van der Waals surface area contributed by atoms with Gasteiger partial charge in [-0.05, 0) is 68.0 Å². The Bertz CT molecular complexity index is 1110. The first-order chi connectivity index (χ1) is 13.4. The largest absolute Gasteiger partial charge is 0.321 e. The molecule has 0 saturated heterocycles. The van der Waals surface area contributed by atoms with Crippen LogP contribution >= 0.6 is 27.5 Å². The van der Waals surface area contributed by atoms with Crippen molar-refractivity contribution in [2.75, 3.05) is 5.32 Å².